The van der Waals surface area contributed by atoms with E-state index in [4.69, 9.17) is 10.8 Å². The minimum absolute atomic E-state index is 0.0823. The third-order valence-electron chi connectivity index (χ3n) is 5.08. The molecule has 1 aliphatic carbocycles. The summed E-state index contributed by atoms with van der Waals surface area (Å²) in [4.78, 5) is 0. The van der Waals surface area contributed by atoms with Crippen LogP contribution in [0.1, 0.15) is 50.8 Å². The summed E-state index contributed by atoms with van der Waals surface area (Å²) in [6, 6.07) is 8.49. The predicted octanol–water partition coefficient (Wildman–Crippen LogP) is 3.79. The van der Waals surface area contributed by atoms with Crippen LogP contribution in [0.15, 0.2) is 24.3 Å². The molecule has 108 valence electrons. The second-order valence-corrected chi connectivity index (χ2v) is 6.24. The maximum absolute atomic E-state index is 6.56. The first-order chi connectivity index (χ1) is 9.70. The number of para-hydroxylation sites is 1. The summed E-state index contributed by atoms with van der Waals surface area (Å²) in [5.74, 6) is 1.51. The van der Waals surface area contributed by atoms with E-state index in [-0.39, 0.29) is 6.04 Å². The highest BCUT2D eigenvalue weighted by Crippen LogP contribution is 2.38. The van der Waals surface area contributed by atoms with Gasteiger partial charge in [0.1, 0.15) is 0 Å². The molecule has 1 unspecified atom stereocenters. The number of aryl methyl sites for hydroxylation is 1. The summed E-state index contributed by atoms with van der Waals surface area (Å²) in [7, 11) is 2.01. The number of fused-ring (bicyclic) bond motifs is 1. The molecule has 1 aromatic carbocycles. The highest BCUT2D eigenvalue weighted by molar-refractivity contribution is 5.82. The molecular weight excluding hydrogens is 246 g/mol. The number of benzene rings is 1. The van der Waals surface area contributed by atoms with Crippen molar-refractivity contribution in [2.24, 2.45) is 24.6 Å². The highest BCUT2D eigenvalue weighted by Gasteiger charge is 2.28. The summed E-state index contributed by atoms with van der Waals surface area (Å²) in [5, 5.41) is 5.92. The van der Waals surface area contributed by atoms with Gasteiger partial charge >= 0.3 is 0 Å². The molecule has 1 aliphatic rings. The van der Waals surface area contributed by atoms with Crippen molar-refractivity contribution in [1.82, 2.24) is 9.78 Å². The minimum Gasteiger partial charge on any atom is -0.322 e. The van der Waals surface area contributed by atoms with Gasteiger partial charge < -0.3 is 5.73 Å². The zero-order valence-corrected chi connectivity index (χ0v) is 12.5. The second-order valence-electron chi connectivity index (χ2n) is 6.24. The minimum atomic E-state index is 0.0823. The van der Waals surface area contributed by atoms with E-state index < -0.39 is 0 Å². The summed E-state index contributed by atoms with van der Waals surface area (Å²) in [6.07, 6.45) is 6.49. The third-order valence-corrected chi connectivity index (χ3v) is 5.08. The van der Waals surface area contributed by atoms with Gasteiger partial charge in [-0.2, -0.15) is 5.10 Å². The molecule has 3 rings (SSSR count). The van der Waals surface area contributed by atoms with E-state index in [1.165, 1.54) is 43.0 Å². The zero-order valence-electron chi connectivity index (χ0n) is 12.5. The average molecular weight is 271 g/mol. The second kappa shape index (κ2) is 5.57. The van der Waals surface area contributed by atoms with Crippen LogP contribution in [0.25, 0.3) is 10.9 Å². The Hall–Kier alpha value is -1.35. The van der Waals surface area contributed by atoms with Gasteiger partial charge in [0.15, 0.2) is 0 Å². The smallest absolute Gasteiger partial charge is 0.0873 e. The standard InChI is InChI=1S/C17H25N3/c1-3-12-8-10-13(11-9-12)16(18)17-14-6-4-5-7-15(14)20(2)19-17/h4-7,12-13,16H,3,8-11,18H2,1-2H3. The van der Waals surface area contributed by atoms with Crippen molar-refractivity contribution in [3.05, 3.63) is 30.0 Å². The third kappa shape index (κ3) is 2.35. The number of rotatable bonds is 3. The number of hydrogen-bond acceptors (Lipinski definition) is 2. The van der Waals surface area contributed by atoms with Crippen LogP contribution >= 0.6 is 0 Å². The maximum Gasteiger partial charge on any atom is 0.0873 e. The van der Waals surface area contributed by atoms with Crippen LogP contribution < -0.4 is 5.73 Å². The van der Waals surface area contributed by atoms with E-state index in [1.807, 2.05) is 11.7 Å². The molecule has 3 nitrogen and oxygen atoms in total. The Kier molecular flexibility index (Phi) is 3.79. The topological polar surface area (TPSA) is 43.8 Å². The molecule has 0 amide bonds. The van der Waals surface area contributed by atoms with E-state index in [9.17, 15) is 0 Å². The molecule has 1 heterocycles. The molecule has 2 aromatic rings. The van der Waals surface area contributed by atoms with E-state index in [0.717, 1.165) is 11.6 Å². The van der Waals surface area contributed by atoms with Crippen LogP contribution in [-0.4, -0.2) is 9.78 Å². The fourth-order valence-electron chi connectivity index (χ4n) is 3.67. The molecule has 0 bridgehead atoms. The van der Waals surface area contributed by atoms with Crippen molar-refractivity contribution in [2.75, 3.05) is 0 Å². The van der Waals surface area contributed by atoms with Crippen molar-refractivity contribution < 1.29 is 0 Å². The number of hydrogen-bond donors (Lipinski definition) is 1. The Bertz CT molecular complexity index is 579. The van der Waals surface area contributed by atoms with E-state index in [2.05, 4.69) is 31.2 Å². The Balaban J connectivity index is 1.84. The molecule has 3 heteroatoms. The molecular formula is C17H25N3. The van der Waals surface area contributed by atoms with Crippen LogP contribution in [0.4, 0.5) is 0 Å². The number of nitrogens with zero attached hydrogens (tertiary/aromatic N) is 2. The Labute approximate surface area is 121 Å². The first-order valence-electron chi connectivity index (χ1n) is 7.88. The normalized spacial score (nSPS) is 24.9. The van der Waals surface area contributed by atoms with Crippen LogP contribution in [-0.2, 0) is 7.05 Å². The van der Waals surface area contributed by atoms with Gasteiger partial charge in [-0.15, -0.1) is 0 Å². The van der Waals surface area contributed by atoms with Gasteiger partial charge in [-0.25, -0.2) is 0 Å². The lowest BCUT2D eigenvalue weighted by atomic mass is 9.77. The van der Waals surface area contributed by atoms with E-state index in [1.54, 1.807) is 0 Å². The predicted molar refractivity (Wildman–Crippen MR) is 83.4 cm³/mol. The number of aromatic nitrogens is 2. The Morgan fingerprint density at radius 3 is 2.65 bits per heavy atom. The van der Waals surface area contributed by atoms with Crippen molar-refractivity contribution in [1.29, 1.82) is 0 Å². The largest absolute Gasteiger partial charge is 0.322 e. The average Bonchev–Trinajstić information content (AvgIpc) is 2.84. The lowest BCUT2D eigenvalue weighted by molar-refractivity contribution is 0.238. The van der Waals surface area contributed by atoms with Gasteiger partial charge in [-0.3, -0.25) is 4.68 Å². The van der Waals surface area contributed by atoms with Gasteiger partial charge in [-0.1, -0.05) is 44.4 Å². The van der Waals surface area contributed by atoms with E-state index >= 15 is 0 Å². The fourth-order valence-corrected chi connectivity index (χ4v) is 3.67. The molecule has 1 saturated carbocycles. The van der Waals surface area contributed by atoms with Crippen molar-refractivity contribution in [3.8, 4) is 0 Å². The van der Waals surface area contributed by atoms with Gasteiger partial charge in [0.2, 0.25) is 0 Å². The molecule has 2 N–H and O–H groups in total. The Morgan fingerprint density at radius 2 is 1.95 bits per heavy atom. The molecule has 0 spiro atoms. The van der Waals surface area contributed by atoms with Gasteiger partial charge in [-0.05, 0) is 30.7 Å². The SMILES string of the molecule is CCC1CCC(C(N)c2nn(C)c3ccccc23)CC1. The molecule has 1 fully saturated rings. The van der Waals surface area contributed by atoms with Crippen molar-refractivity contribution >= 4 is 10.9 Å². The molecule has 20 heavy (non-hydrogen) atoms. The number of nitrogens with two attached hydrogens (primary N) is 1. The van der Waals surface area contributed by atoms with Crippen LogP contribution in [0.2, 0.25) is 0 Å². The molecule has 1 atom stereocenters. The van der Waals surface area contributed by atoms with E-state index in [0.29, 0.717) is 5.92 Å². The van der Waals surface area contributed by atoms with Crippen LogP contribution in [0.5, 0.6) is 0 Å². The molecule has 1 aromatic heterocycles. The molecule has 0 aliphatic heterocycles. The first kappa shape index (κ1) is 13.6. The summed E-state index contributed by atoms with van der Waals surface area (Å²) >= 11 is 0. The van der Waals surface area contributed by atoms with Crippen molar-refractivity contribution in [3.63, 3.8) is 0 Å². The summed E-state index contributed by atoms with van der Waals surface area (Å²) in [6.45, 7) is 2.30. The lowest BCUT2D eigenvalue weighted by Gasteiger charge is -2.31. The summed E-state index contributed by atoms with van der Waals surface area (Å²) in [5.41, 5.74) is 8.83. The monoisotopic (exact) mass is 271 g/mol. The molecule has 0 saturated heterocycles. The van der Waals surface area contributed by atoms with Gasteiger partial charge in [0.25, 0.3) is 0 Å². The highest BCUT2D eigenvalue weighted by atomic mass is 15.3. The first-order valence-corrected chi connectivity index (χ1v) is 7.88. The van der Waals surface area contributed by atoms with Crippen LogP contribution in [0.3, 0.4) is 0 Å². The summed E-state index contributed by atoms with van der Waals surface area (Å²) < 4.78 is 1.96. The zero-order chi connectivity index (χ0) is 14.1. The van der Waals surface area contributed by atoms with Gasteiger partial charge in [0, 0.05) is 12.4 Å². The Morgan fingerprint density at radius 1 is 1.25 bits per heavy atom. The van der Waals surface area contributed by atoms with Crippen molar-refractivity contribution in [2.45, 2.75) is 45.1 Å². The molecule has 0 radical (unpaired) electrons. The van der Waals surface area contributed by atoms with Gasteiger partial charge in [0.05, 0.1) is 17.3 Å². The quantitative estimate of drug-likeness (QED) is 0.923. The van der Waals surface area contributed by atoms with Crippen LogP contribution in [0, 0.1) is 11.8 Å². The lowest BCUT2D eigenvalue weighted by Crippen LogP contribution is -2.26. The fraction of sp³-hybridized carbons (Fsp3) is 0.588. The maximum atomic E-state index is 6.56.